The van der Waals surface area contributed by atoms with Crippen molar-refractivity contribution in [3.8, 4) is 11.4 Å². The van der Waals surface area contributed by atoms with Crippen LogP contribution < -0.4 is 15.6 Å². The number of carbonyl (C=O) groups is 1. The summed E-state index contributed by atoms with van der Waals surface area (Å²) in [5, 5.41) is 3.87. The van der Waals surface area contributed by atoms with Crippen LogP contribution in [0, 0.1) is 13.8 Å². The van der Waals surface area contributed by atoms with E-state index in [4.69, 9.17) is 9.72 Å². The molecule has 7 heteroatoms. The van der Waals surface area contributed by atoms with Crippen molar-refractivity contribution >= 4 is 34.3 Å². The van der Waals surface area contributed by atoms with Crippen LogP contribution in [0.15, 0.2) is 76.7 Å². The van der Waals surface area contributed by atoms with E-state index in [1.807, 2.05) is 62.4 Å². The summed E-state index contributed by atoms with van der Waals surface area (Å²) in [6.45, 7) is 3.99. The summed E-state index contributed by atoms with van der Waals surface area (Å²) in [7, 11) is 1.56. The van der Waals surface area contributed by atoms with Gasteiger partial charge in [0.1, 0.15) is 5.75 Å². The first-order chi connectivity index (χ1) is 15.5. The van der Waals surface area contributed by atoms with Gasteiger partial charge in [-0.2, -0.15) is 0 Å². The van der Waals surface area contributed by atoms with Gasteiger partial charge in [0.2, 0.25) is 5.91 Å². The number of anilines is 1. The maximum Gasteiger partial charge on any atom is 0.266 e. The van der Waals surface area contributed by atoms with E-state index in [9.17, 15) is 9.59 Å². The highest BCUT2D eigenvalue weighted by Crippen LogP contribution is 2.26. The second-order valence-electron chi connectivity index (χ2n) is 7.31. The third-order valence-electron chi connectivity index (χ3n) is 5.28. The van der Waals surface area contributed by atoms with E-state index in [2.05, 4.69) is 5.32 Å². The predicted molar refractivity (Wildman–Crippen MR) is 129 cm³/mol. The zero-order valence-corrected chi connectivity index (χ0v) is 18.9. The van der Waals surface area contributed by atoms with Crippen LogP contribution in [0.5, 0.6) is 5.75 Å². The summed E-state index contributed by atoms with van der Waals surface area (Å²) < 4.78 is 6.90. The molecule has 162 valence electrons. The highest BCUT2D eigenvalue weighted by atomic mass is 32.2. The number of aryl methyl sites for hydroxylation is 1. The Kier molecular flexibility index (Phi) is 6.28. The van der Waals surface area contributed by atoms with Gasteiger partial charge >= 0.3 is 0 Å². The molecule has 1 N–H and O–H groups in total. The van der Waals surface area contributed by atoms with Gasteiger partial charge < -0.3 is 10.1 Å². The SMILES string of the molecule is COc1ccccc1NC(=O)CSc1nc2ccccc2c(=O)n1-c1cccc(C)c1C. The van der Waals surface area contributed by atoms with Crippen LogP contribution in [0.4, 0.5) is 5.69 Å². The molecule has 0 radical (unpaired) electrons. The van der Waals surface area contributed by atoms with E-state index >= 15 is 0 Å². The maximum atomic E-state index is 13.4. The molecule has 4 rings (SSSR count). The summed E-state index contributed by atoms with van der Waals surface area (Å²) in [6, 6.07) is 20.3. The molecule has 1 aromatic heterocycles. The van der Waals surface area contributed by atoms with Crippen molar-refractivity contribution in [1.82, 2.24) is 9.55 Å². The lowest BCUT2D eigenvalue weighted by Gasteiger charge is -2.16. The van der Waals surface area contributed by atoms with E-state index in [1.54, 1.807) is 29.9 Å². The number of benzene rings is 3. The largest absolute Gasteiger partial charge is 0.495 e. The number of aromatic nitrogens is 2. The second-order valence-corrected chi connectivity index (χ2v) is 8.25. The lowest BCUT2D eigenvalue weighted by molar-refractivity contribution is -0.113. The molecule has 3 aromatic carbocycles. The van der Waals surface area contributed by atoms with Crippen LogP contribution in [0.3, 0.4) is 0 Å². The van der Waals surface area contributed by atoms with Gasteiger partial charge in [-0.1, -0.05) is 48.2 Å². The number of nitrogens with zero attached hydrogens (tertiary/aromatic N) is 2. The first-order valence-corrected chi connectivity index (χ1v) is 11.1. The Balaban J connectivity index is 1.71. The predicted octanol–water partition coefficient (Wildman–Crippen LogP) is 4.74. The molecule has 0 aliphatic rings. The van der Waals surface area contributed by atoms with E-state index in [1.165, 1.54) is 11.8 Å². The van der Waals surface area contributed by atoms with Crippen molar-refractivity contribution in [1.29, 1.82) is 0 Å². The number of nitrogens with one attached hydrogen (secondary N) is 1. The average molecular weight is 446 g/mol. The van der Waals surface area contributed by atoms with Gasteiger partial charge in [0, 0.05) is 0 Å². The Bertz CT molecular complexity index is 1360. The molecule has 0 aliphatic carbocycles. The van der Waals surface area contributed by atoms with Gasteiger partial charge in [-0.05, 0) is 55.3 Å². The molecule has 0 bridgehead atoms. The first kappa shape index (κ1) is 21.6. The number of rotatable bonds is 6. The standard InChI is InChI=1S/C25H23N3O3S/c1-16-9-8-13-21(17(16)2)28-24(30)18-10-4-5-11-19(18)27-25(28)32-15-23(29)26-20-12-6-7-14-22(20)31-3/h4-14H,15H2,1-3H3,(H,26,29). The van der Waals surface area contributed by atoms with Crippen molar-refractivity contribution in [3.05, 3.63) is 88.2 Å². The van der Waals surface area contributed by atoms with Gasteiger partial charge in [0.15, 0.2) is 5.16 Å². The third kappa shape index (κ3) is 4.24. The molecular weight excluding hydrogens is 422 g/mol. The van der Waals surface area contributed by atoms with Gasteiger partial charge in [0.05, 0.1) is 35.1 Å². The molecule has 6 nitrogen and oxygen atoms in total. The minimum atomic E-state index is -0.213. The number of thioether (sulfide) groups is 1. The summed E-state index contributed by atoms with van der Waals surface area (Å²) in [5.41, 5.74) is 3.88. The summed E-state index contributed by atoms with van der Waals surface area (Å²) in [5.74, 6) is 0.463. The fraction of sp³-hybridized carbons (Fsp3) is 0.160. The number of para-hydroxylation sites is 3. The van der Waals surface area contributed by atoms with Crippen molar-refractivity contribution < 1.29 is 9.53 Å². The molecule has 1 heterocycles. The van der Waals surface area contributed by atoms with Crippen LogP contribution in [-0.2, 0) is 4.79 Å². The van der Waals surface area contributed by atoms with Crippen LogP contribution in [0.2, 0.25) is 0 Å². The first-order valence-electron chi connectivity index (χ1n) is 10.1. The number of ether oxygens (including phenoxy) is 1. The Morgan fingerprint density at radius 2 is 1.78 bits per heavy atom. The highest BCUT2D eigenvalue weighted by Gasteiger charge is 2.17. The quantitative estimate of drug-likeness (QED) is 0.343. The van der Waals surface area contributed by atoms with Crippen molar-refractivity contribution in [2.45, 2.75) is 19.0 Å². The van der Waals surface area contributed by atoms with E-state index in [-0.39, 0.29) is 17.2 Å². The van der Waals surface area contributed by atoms with Crippen molar-refractivity contribution in [3.63, 3.8) is 0 Å². The molecule has 0 saturated carbocycles. The molecular formula is C25H23N3O3S. The smallest absolute Gasteiger partial charge is 0.266 e. The normalized spacial score (nSPS) is 10.8. The zero-order chi connectivity index (χ0) is 22.7. The number of methoxy groups -OCH3 is 1. The Labute approximate surface area is 190 Å². The Morgan fingerprint density at radius 1 is 1.03 bits per heavy atom. The monoisotopic (exact) mass is 445 g/mol. The minimum Gasteiger partial charge on any atom is -0.495 e. The lowest BCUT2D eigenvalue weighted by atomic mass is 10.1. The van der Waals surface area contributed by atoms with Crippen LogP contribution in [0.1, 0.15) is 11.1 Å². The fourth-order valence-electron chi connectivity index (χ4n) is 3.46. The molecule has 0 saturated heterocycles. The maximum absolute atomic E-state index is 13.4. The van der Waals surface area contributed by atoms with Crippen molar-refractivity contribution in [2.75, 3.05) is 18.2 Å². The zero-order valence-electron chi connectivity index (χ0n) is 18.1. The van der Waals surface area contributed by atoms with Crippen LogP contribution in [-0.4, -0.2) is 28.3 Å². The Morgan fingerprint density at radius 3 is 2.59 bits per heavy atom. The Hall–Kier alpha value is -3.58. The molecule has 1 amide bonds. The second kappa shape index (κ2) is 9.28. The summed E-state index contributed by atoms with van der Waals surface area (Å²) in [6.07, 6.45) is 0. The number of carbonyl (C=O) groups excluding carboxylic acids is 1. The third-order valence-corrected chi connectivity index (χ3v) is 6.21. The van der Waals surface area contributed by atoms with E-state index in [0.29, 0.717) is 27.5 Å². The van der Waals surface area contributed by atoms with E-state index in [0.717, 1.165) is 16.8 Å². The topological polar surface area (TPSA) is 73.2 Å². The summed E-state index contributed by atoms with van der Waals surface area (Å²) >= 11 is 1.23. The average Bonchev–Trinajstić information content (AvgIpc) is 2.80. The minimum absolute atomic E-state index is 0.0910. The molecule has 4 aromatic rings. The van der Waals surface area contributed by atoms with Gasteiger partial charge in [-0.15, -0.1) is 0 Å². The molecule has 0 unspecified atom stereocenters. The molecule has 0 aliphatic heterocycles. The van der Waals surface area contributed by atoms with Crippen LogP contribution in [0.25, 0.3) is 16.6 Å². The number of hydrogen-bond donors (Lipinski definition) is 1. The van der Waals surface area contributed by atoms with Gasteiger partial charge in [0.25, 0.3) is 5.56 Å². The molecule has 0 fully saturated rings. The van der Waals surface area contributed by atoms with Gasteiger partial charge in [-0.25, -0.2) is 4.98 Å². The molecule has 32 heavy (non-hydrogen) atoms. The fourth-order valence-corrected chi connectivity index (χ4v) is 4.27. The number of fused-ring (bicyclic) bond motifs is 1. The molecule has 0 atom stereocenters. The number of hydrogen-bond acceptors (Lipinski definition) is 5. The highest BCUT2D eigenvalue weighted by molar-refractivity contribution is 7.99. The van der Waals surface area contributed by atoms with Crippen molar-refractivity contribution in [2.24, 2.45) is 0 Å². The lowest BCUT2D eigenvalue weighted by Crippen LogP contribution is -2.23. The number of amides is 1. The van der Waals surface area contributed by atoms with Crippen LogP contribution >= 0.6 is 11.8 Å². The molecule has 0 spiro atoms. The summed E-state index contributed by atoms with van der Waals surface area (Å²) in [4.78, 5) is 30.8. The van der Waals surface area contributed by atoms with E-state index < -0.39 is 0 Å². The van der Waals surface area contributed by atoms with Gasteiger partial charge in [-0.3, -0.25) is 14.2 Å².